The van der Waals surface area contributed by atoms with Gasteiger partial charge in [0.1, 0.15) is 0 Å². The molecule has 1 rings (SSSR count). The fourth-order valence-electron chi connectivity index (χ4n) is 1.64. The van der Waals surface area contributed by atoms with Crippen LogP contribution >= 0.6 is 0 Å². The Kier molecular flexibility index (Phi) is 8.98. The van der Waals surface area contributed by atoms with Crippen LogP contribution in [-0.4, -0.2) is 31.7 Å². The summed E-state index contributed by atoms with van der Waals surface area (Å²) in [6, 6.07) is 8.78. The van der Waals surface area contributed by atoms with Crippen LogP contribution in [-0.2, 0) is 4.74 Å². The molecule has 1 amide bonds. The standard InChI is InChI=1S/C14H20N2O2.BF4/c1-4-18-13(15)12(10(2)3)16-14(17)11-8-6-5-7-9-11;2-1(3,4)5/h5-10,12,15H,4H2,1-3H3,(H,16,17);/q;-1/p+1. The molecular weight excluding hydrogens is 315 g/mol. The average molecular weight is 336 g/mol. The van der Waals surface area contributed by atoms with Crippen molar-refractivity contribution < 1.29 is 32.2 Å². The molecule has 1 aromatic carbocycles. The summed E-state index contributed by atoms with van der Waals surface area (Å²) in [5.41, 5.74) is 0.618. The Morgan fingerprint density at radius 2 is 1.70 bits per heavy atom. The number of hydrogen-bond donors (Lipinski definition) is 2. The van der Waals surface area contributed by atoms with Crippen molar-refractivity contribution in [1.29, 1.82) is 0 Å². The third-order valence-electron chi connectivity index (χ3n) is 2.61. The van der Waals surface area contributed by atoms with Crippen molar-refractivity contribution in [2.45, 2.75) is 26.8 Å². The Bertz CT molecular complexity index is 489. The zero-order chi connectivity index (χ0) is 18.0. The molecule has 130 valence electrons. The molecule has 0 heterocycles. The molecule has 0 fully saturated rings. The maximum atomic E-state index is 12.0. The topological polar surface area (TPSA) is 63.9 Å². The molecule has 4 nitrogen and oxygen atoms in total. The summed E-state index contributed by atoms with van der Waals surface area (Å²) in [7, 11) is -6.00. The number of amides is 1. The molecule has 3 N–H and O–H groups in total. The van der Waals surface area contributed by atoms with Gasteiger partial charge in [0.05, 0.1) is 6.61 Å². The van der Waals surface area contributed by atoms with Gasteiger partial charge in [-0.15, -0.1) is 0 Å². The minimum Gasteiger partial charge on any atom is -0.447 e. The number of nitrogens with two attached hydrogens (primary N) is 1. The number of hydrogen-bond acceptors (Lipinski definition) is 2. The zero-order valence-corrected chi connectivity index (χ0v) is 13.2. The summed E-state index contributed by atoms with van der Waals surface area (Å²) >= 11 is 0. The third-order valence-corrected chi connectivity index (χ3v) is 2.61. The van der Waals surface area contributed by atoms with Crippen LogP contribution in [0.3, 0.4) is 0 Å². The van der Waals surface area contributed by atoms with E-state index in [1.807, 2.05) is 39.0 Å². The van der Waals surface area contributed by atoms with Crippen LogP contribution in [0.5, 0.6) is 0 Å². The highest BCUT2D eigenvalue weighted by molar-refractivity contribution is 6.50. The Morgan fingerprint density at radius 1 is 1.22 bits per heavy atom. The fraction of sp³-hybridized carbons (Fsp3) is 0.429. The minimum absolute atomic E-state index is 0.142. The fourth-order valence-corrected chi connectivity index (χ4v) is 1.64. The van der Waals surface area contributed by atoms with Crippen molar-refractivity contribution in [1.82, 2.24) is 5.32 Å². The maximum absolute atomic E-state index is 12.0. The number of carbonyl (C=O) groups excluding carboxylic acids is 1. The van der Waals surface area contributed by atoms with Gasteiger partial charge in [0.25, 0.3) is 5.91 Å². The monoisotopic (exact) mass is 336 g/mol. The SMILES string of the molecule is CCOC(=[NH2+])C(NC(=O)c1ccccc1)C(C)C.F[B-](F)(F)F. The van der Waals surface area contributed by atoms with E-state index >= 15 is 0 Å². The molecule has 0 saturated carbocycles. The molecule has 9 heteroatoms. The van der Waals surface area contributed by atoms with Crippen LogP contribution in [0.2, 0.25) is 0 Å². The Hall–Kier alpha value is -2.06. The minimum atomic E-state index is -6.00. The molecule has 1 aromatic rings. The highest BCUT2D eigenvalue weighted by Gasteiger charge is 2.27. The van der Waals surface area contributed by atoms with Crippen LogP contribution in [0, 0.1) is 5.92 Å². The van der Waals surface area contributed by atoms with Crippen molar-refractivity contribution in [3.63, 3.8) is 0 Å². The second-order valence-corrected chi connectivity index (χ2v) is 4.89. The predicted molar refractivity (Wildman–Crippen MR) is 81.3 cm³/mol. The van der Waals surface area contributed by atoms with E-state index in [-0.39, 0.29) is 17.9 Å². The van der Waals surface area contributed by atoms with E-state index in [0.717, 1.165) is 0 Å². The van der Waals surface area contributed by atoms with Gasteiger partial charge in [-0.05, 0) is 25.0 Å². The molecule has 1 atom stereocenters. The second kappa shape index (κ2) is 9.86. The Morgan fingerprint density at radius 3 is 2.09 bits per heavy atom. The van der Waals surface area contributed by atoms with E-state index in [1.165, 1.54) is 0 Å². The van der Waals surface area contributed by atoms with Crippen molar-refractivity contribution in [3.8, 4) is 0 Å². The molecule has 0 aliphatic rings. The summed E-state index contributed by atoms with van der Waals surface area (Å²) in [6.07, 6.45) is 0. The molecular formula is C14H21BF4N2O2. The van der Waals surface area contributed by atoms with Gasteiger partial charge in [-0.25, -0.2) is 5.41 Å². The molecule has 0 radical (unpaired) electrons. The van der Waals surface area contributed by atoms with E-state index in [9.17, 15) is 22.1 Å². The first-order valence-electron chi connectivity index (χ1n) is 7.04. The highest BCUT2D eigenvalue weighted by Crippen LogP contribution is 2.07. The van der Waals surface area contributed by atoms with E-state index in [2.05, 4.69) is 5.32 Å². The van der Waals surface area contributed by atoms with E-state index in [4.69, 9.17) is 10.1 Å². The first-order chi connectivity index (χ1) is 10.6. The van der Waals surface area contributed by atoms with Crippen LogP contribution in [0.25, 0.3) is 0 Å². The van der Waals surface area contributed by atoms with Crippen LogP contribution in [0.4, 0.5) is 17.3 Å². The predicted octanol–water partition coefficient (Wildman–Crippen LogP) is 1.94. The lowest BCUT2D eigenvalue weighted by Crippen LogP contribution is -2.57. The molecule has 23 heavy (non-hydrogen) atoms. The van der Waals surface area contributed by atoms with Gasteiger partial charge in [0, 0.05) is 5.56 Å². The molecule has 1 unspecified atom stereocenters. The third kappa shape index (κ3) is 10.3. The number of carbonyl (C=O) groups is 1. The quantitative estimate of drug-likeness (QED) is 0.374. The number of benzene rings is 1. The molecule has 0 bridgehead atoms. The summed E-state index contributed by atoms with van der Waals surface area (Å²) in [6.45, 7) is 6.34. The summed E-state index contributed by atoms with van der Waals surface area (Å²) in [5, 5.41) is 8.73. The first kappa shape index (κ1) is 20.9. The normalized spacial score (nSPS) is 12.0. The van der Waals surface area contributed by atoms with Crippen molar-refractivity contribution >= 4 is 19.1 Å². The number of rotatable bonds is 5. The number of halogens is 4. The van der Waals surface area contributed by atoms with E-state index in [0.29, 0.717) is 18.1 Å². The molecule has 0 aliphatic carbocycles. The smallest absolute Gasteiger partial charge is 0.447 e. The molecule has 0 aromatic heterocycles. The van der Waals surface area contributed by atoms with Gasteiger partial charge in [-0.1, -0.05) is 32.0 Å². The lowest BCUT2D eigenvalue weighted by molar-refractivity contribution is -0.146. The van der Waals surface area contributed by atoms with Crippen LogP contribution < -0.4 is 10.7 Å². The zero-order valence-electron chi connectivity index (χ0n) is 13.2. The van der Waals surface area contributed by atoms with Crippen LogP contribution in [0.15, 0.2) is 30.3 Å². The maximum Gasteiger partial charge on any atom is 0.673 e. The van der Waals surface area contributed by atoms with Crippen LogP contribution in [0.1, 0.15) is 31.1 Å². The lowest BCUT2D eigenvalue weighted by atomic mass is 10.0. The first-order valence-corrected chi connectivity index (χ1v) is 7.04. The van der Waals surface area contributed by atoms with Crippen molar-refractivity contribution in [3.05, 3.63) is 35.9 Å². The van der Waals surface area contributed by atoms with Gasteiger partial charge < -0.3 is 27.3 Å². The van der Waals surface area contributed by atoms with Gasteiger partial charge in [0.2, 0.25) is 0 Å². The molecule has 0 saturated heterocycles. The van der Waals surface area contributed by atoms with E-state index < -0.39 is 7.25 Å². The van der Waals surface area contributed by atoms with Gasteiger partial charge in [0.15, 0.2) is 6.04 Å². The van der Waals surface area contributed by atoms with Crippen molar-refractivity contribution in [2.24, 2.45) is 5.92 Å². The summed E-state index contributed by atoms with van der Waals surface area (Å²) in [5.74, 6) is 0.387. The molecule has 0 aliphatic heterocycles. The largest absolute Gasteiger partial charge is 0.673 e. The van der Waals surface area contributed by atoms with Crippen molar-refractivity contribution in [2.75, 3.05) is 6.61 Å². The second-order valence-electron chi connectivity index (χ2n) is 4.89. The molecule has 0 spiro atoms. The number of ether oxygens (including phenoxy) is 1. The highest BCUT2D eigenvalue weighted by atomic mass is 19.5. The summed E-state index contributed by atoms with van der Waals surface area (Å²) in [4.78, 5) is 12.0. The van der Waals surface area contributed by atoms with Gasteiger partial charge >= 0.3 is 13.2 Å². The Labute approximate surface area is 132 Å². The van der Waals surface area contributed by atoms with Gasteiger partial charge in [-0.3, -0.25) is 4.79 Å². The lowest BCUT2D eigenvalue weighted by Gasteiger charge is -2.19. The Balaban J connectivity index is 0.000000841. The van der Waals surface area contributed by atoms with Gasteiger partial charge in [-0.2, -0.15) is 0 Å². The van der Waals surface area contributed by atoms with E-state index in [1.54, 1.807) is 12.1 Å². The average Bonchev–Trinajstić information content (AvgIpc) is 2.43. The summed E-state index contributed by atoms with van der Waals surface area (Å²) < 4.78 is 44.3. The number of nitrogens with one attached hydrogen (secondary N) is 1.